The Bertz CT molecular complexity index is 1430. The van der Waals surface area contributed by atoms with Crippen LogP contribution in [0, 0.1) is 21.4 Å². The van der Waals surface area contributed by atoms with Gasteiger partial charge in [-0.3, -0.25) is 14.9 Å². The van der Waals surface area contributed by atoms with Crippen molar-refractivity contribution in [1.29, 1.82) is 5.26 Å². The Balaban J connectivity index is 1.67. The van der Waals surface area contributed by atoms with Gasteiger partial charge < -0.3 is 9.88 Å². The number of non-ortho nitro benzene ring substituents is 1. The average Bonchev–Trinajstić information content (AvgIpc) is 3.16. The Kier molecular flexibility index (Phi) is 6.20. The standard InChI is InChI=1S/C25H17ClN4O3/c26-20-8-10-21(11-9-20)28-25(31)16-29-15-19(23-6-1-2-7-24(23)29)12-18(14-27)17-4-3-5-22(13-17)30(32)33/h1-13,15H,16H2,(H,28,31). The van der Waals surface area contributed by atoms with Gasteiger partial charge in [0.2, 0.25) is 5.91 Å². The molecule has 7 nitrogen and oxygen atoms in total. The molecule has 0 aliphatic rings. The number of amides is 1. The Morgan fingerprint density at radius 1 is 1.12 bits per heavy atom. The second kappa shape index (κ2) is 9.39. The molecule has 0 fully saturated rings. The fourth-order valence-electron chi connectivity index (χ4n) is 3.53. The van der Waals surface area contributed by atoms with Crippen molar-refractivity contribution in [2.75, 3.05) is 5.32 Å². The van der Waals surface area contributed by atoms with E-state index in [0.717, 1.165) is 16.5 Å². The number of para-hydroxylation sites is 1. The molecule has 0 atom stereocenters. The number of anilines is 1. The number of nitro groups is 1. The molecule has 0 unspecified atom stereocenters. The molecule has 4 rings (SSSR count). The number of rotatable bonds is 6. The van der Waals surface area contributed by atoms with Crippen molar-refractivity contribution in [3.8, 4) is 6.07 Å². The molecule has 1 heterocycles. The van der Waals surface area contributed by atoms with Crippen molar-refractivity contribution in [1.82, 2.24) is 4.57 Å². The number of nitrogens with one attached hydrogen (secondary N) is 1. The zero-order valence-corrected chi connectivity index (χ0v) is 18.0. The second-order valence-electron chi connectivity index (χ2n) is 7.26. The average molecular weight is 457 g/mol. The summed E-state index contributed by atoms with van der Waals surface area (Å²) in [5.74, 6) is -0.215. The van der Waals surface area contributed by atoms with E-state index in [9.17, 15) is 20.2 Å². The van der Waals surface area contributed by atoms with Crippen LogP contribution in [-0.2, 0) is 11.3 Å². The minimum absolute atomic E-state index is 0.0652. The molecule has 162 valence electrons. The summed E-state index contributed by atoms with van der Waals surface area (Å²) in [6.07, 6.45) is 3.47. The van der Waals surface area contributed by atoms with Gasteiger partial charge >= 0.3 is 0 Å². The van der Waals surface area contributed by atoms with Crippen molar-refractivity contribution < 1.29 is 9.72 Å². The number of nitriles is 1. The number of aromatic nitrogens is 1. The smallest absolute Gasteiger partial charge is 0.270 e. The highest BCUT2D eigenvalue weighted by molar-refractivity contribution is 6.30. The number of fused-ring (bicyclic) bond motifs is 1. The Morgan fingerprint density at radius 2 is 1.88 bits per heavy atom. The van der Waals surface area contributed by atoms with Crippen LogP contribution in [0.25, 0.3) is 22.6 Å². The van der Waals surface area contributed by atoms with E-state index in [4.69, 9.17) is 11.6 Å². The highest BCUT2D eigenvalue weighted by Gasteiger charge is 2.13. The van der Waals surface area contributed by atoms with Crippen LogP contribution in [0.1, 0.15) is 11.1 Å². The van der Waals surface area contributed by atoms with E-state index in [1.54, 1.807) is 53.2 Å². The third-order valence-corrected chi connectivity index (χ3v) is 5.30. The number of nitro benzene ring substituents is 1. The van der Waals surface area contributed by atoms with Gasteiger partial charge in [-0.1, -0.05) is 41.9 Å². The molecule has 4 aromatic rings. The molecule has 33 heavy (non-hydrogen) atoms. The molecule has 0 radical (unpaired) electrons. The minimum Gasteiger partial charge on any atom is -0.337 e. The van der Waals surface area contributed by atoms with E-state index in [1.165, 1.54) is 12.1 Å². The molecular formula is C25H17ClN4O3. The maximum atomic E-state index is 12.6. The number of allylic oxidation sites excluding steroid dienone is 1. The first-order chi connectivity index (χ1) is 15.9. The first-order valence-electron chi connectivity index (χ1n) is 9.94. The molecule has 8 heteroatoms. The lowest BCUT2D eigenvalue weighted by atomic mass is 10.0. The minimum atomic E-state index is -0.496. The maximum Gasteiger partial charge on any atom is 0.270 e. The summed E-state index contributed by atoms with van der Waals surface area (Å²) >= 11 is 5.89. The molecule has 0 saturated heterocycles. The lowest BCUT2D eigenvalue weighted by molar-refractivity contribution is -0.384. The van der Waals surface area contributed by atoms with Gasteiger partial charge in [0, 0.05) is 45.5 Å². The van der Waals surface area contributed by atoms with Gasteiger partial charge in [-0.05, 0) is 42.0 Å². The predicted octanol–water partition coefficient (Wildman–Crippen LogP) is 5.91. The van der Waals surface area contributed by atoms with Crippen LogP contribution >= 0.6 is 11.6 Å². The molecule has 3 aromatic carbocycles. The normalized spacial score (nSPS) is 11.2. The highest BCUT2D eigenvalue weighted by Crippen LogP contribution is 2.27. The molecular weight excluding hydrogens is 440 g/mol. The number of nitrogens with zero attached hydrogens (tertiary/aromatic N) is 3. The molecule has 0 saturated carbocycles. The first kappa shape index (κ1) is 21.8. The lowest BCUT2D eigenvalue weighted by Crippen LogP contribution is -2.18. The Morgan fingerprint density at radius 3 is 2.61 bits per heavy atom. The number of hydrogen-bond acceptors (Lipinski definition) is 4. The fraction of sp³-hybridized carbons (Fsp3) is 0.0400. The van der Waals surface area contributed by atoms with Crippen molar-refractivity contribution in [3.63, 3.8) is 0 Å². The topological polar surface area (TPSA) is 101 Å². The lowest BCUT2D eigenvalue weighted by Gasteiger charge is -2.07. The number of benzene rings is 3. The van der Waals surface area contributed by atoms with E-state index in [-0.39, 0.29) is 23.7 Å². The van der Waals surface area contributed by atoms with Crippen LogP contribution < -0.4 is 5.32 Å². The van der Waals surface area contributed by atoms with Gasteiger partial charge in [0.05, 0.1) is 16.6 Å². The molecule has 0 bridgehead atoms. The van der Waals surface area contributed by atoms with Crippen LogP contribution in [0.5, 0.6) is 0 Å². The first-order valence-corrected chi connectivity index (χ1v) is 10.3. The summed E-state index contributed by atoms with van der Waals surface area (Å²) in [6, 6.07) is 22.4. The van der Waals surface area contributed by atoms with Crippen LogP contribution in [0.4, 0.5) is 11.4 Å². The third kappa shape index (κ3) is 4.92. The highest BCUT2D eigenvalue weighted by atomic mass is 35.5. The number of hydrogen-bond donors (Lipinski definition) is 1. The van der Waals surface area contributed by atoms with Crippen LogP contribution in [0.2, 0.25) is 5.02 Å². The summed E-state index contributed by atoms with van der Waals surface area (Å²) < 4.78 is 1.80. The zero-order chi connectivity index (χ0) is 23.4. The largest absolute Gasteiger partial charge is 0.337 e. The van der Waals surface area contributed by atoms with Crippen molar-refractivity contribution >= 4 is 51.4 Å². The van der Waals surface area contributed by atoms with Gasteiger partial charge in [0.25, 0.3) is 5.69 Å². The summed E-state index contributed by atoms with van der Waals surface area (Å²) in [7, 11) is 0. The summed E-state index contributed by atoms with van der Waals surface area (Å²) in [4.78, 5) is 23.2. The Labute approximate surface area is 194 Å². The van der Waals surface area contributed by atoms with Crippen molar-refractivity contribution in [2.24, 2.45) is 0 Å². The predicted molar refractivity (Wildman–Crippen MR) is 129 cm³/mol. The monoisotopic (exact) mass is 456 g/mol. The molecule has 0 aliphatic carbocycles. The van der Waals surface area contributed by atoms with Crippen molar-refractivity contribution in [3.05, 3.63) is 105 Å². The van der Waals surface area contributed by atoms with E-state index >= 15 is 0 Å². The van der Waals surface area contributed by atoms with Crippen LogP contribution in [0.3, 0.4) is 0 Å². The Hall–Kier alpha value is -4.41. The van der Waals surface area contributed by atoms with Gasteiger partial charge in [-0.2, -0.15) is 5.26 Å². The second-order valence-corrected chi connectivity index (χ2v) is 7.70. The van der Waals surface area contributed by atoms with Gasteiger partial charge in [0.1, 0.15) is 6.54 Å². The molecule has 1 aromatic heterocycles. The van der Waals surface area contributed by atoms with E-state index in [0.29, 0.717) is 16.3 Å². The molecule has 0 aliphatic heterocycles. The third-order valence-electron chi connectivity index (χ3n) is 5.05. The molecule has 1 N–H and O–H groups in total. The molecule has 0 spiro atoms. The molecule has 1 amide bonds. The van der Waals surface area contributed by atoms with E-state index in [1.807, 2.05) is 24.3 Å². The summed E-state index contributed by atoms with van der Waals surface area (Å²) in [6.45, 7) is 0.0652. The van der Waals surface area contributed by atoms with Crippen molar-refractivity contribution in [2.45, 2.75) is 6.54 Å². The SMILES string of the molecule is N#CC(=Cc1cn(CC(=O)Nc2ccc(Cl)cc2)c2ccccc12)c1cccc([N+](=O)[O-])c1. The quantitative estimate of drug-likeness (QED) is 0.221. The van der Waals surface area contributed by atoms with Crippen LogP contribution in [0.15, 0.2) is 79.0 Å². The van der Waals surface area contributed by atoms with Gasteiger partial charge in [0.15, 0.2) is 0 Å². The van der Waals surface area contributed by atoms with Gasteiger partial charge in [-0.15, -0.1) is 0 Å². The number of carbonyl (C=O) groups excluding carboxylic acids is 1. The maximum absolute atomic E-state index is 12.6. The van der Waals surface area contributed by atoms with E-state index < -0.39 is 4.92 Å². The summed E-state index contributed by atoms with van der Waals surface area (Å²) in [5.41, 5.74) is 2.84. The fourth-order valence-corrected chi connectivity index (χ4v) is 3.66. The van der Waals surface area contributed by atoms with Gasteiger partial charge in [-0.25, -0.2) is 0 Å². The number of carbonyl (C=O) groups is 1. The zero-order valence-electron chi connectivity index (χ0n) is 17.2. The number of halogens is 1. The van der Waals surface area contributed by atoms with Crippen LogP contribution in [-0.4, -0.2) is 15.4 Å². The van der Waals surface area contributed by atoms with E-state index in [2.05, 4.69) is 11.4 Å². The summed E-state index contributed by atoms with van der Waals surface area (Å²) in [5, 5.41) is 25.1.